The number of amides is 2. The van der Waals surface area contributed by atoms with Gasteiger partial charge in [-0.1, -0.05) is 12.8 Å². The number of urea groups is 1. The molecule has 0 radical (unpaired) electrons. The molecule has 3 N–H and O–H groups in total. The highest BCUT2D eigenvalue weighted by atomic mass is 16.5. The Labute approximate surface area is 125 Å². The lowest BCUT2D eigenvalue weighted by atomic mass is 9.93. The maximum absolute atomic E-state index is 12.0. The molecule has 1 saturated heterocycles. The standard InChI is InChI=1S/C15H26N2O4/c18-13(19)11-15(7-2-3-8-15)17-14(20)16-9-6-12-5-1-4-10-21-12/h12H,1-11H2,(H,18,19)(H2,16,17,20). The van der Waals surface area contributed by atoms with Crippen molar-refractivity contribution in [1.82, 2.24) is 10.6 Å². The first-order valence-corrected chi connectivity index (χ1v) is 7.99. The Morgan fingerprint density at radius 3 is 2.57 bits per heavy atom. The van der Waals surface area contributed by atoms with Gasteiger partial charge in [0.05, 0.1) is 18.1 Å². The summed E-state index contributed by atoms with van der Waals surface area (Å²) in [6.07, 6.45) is 7.90. The van der Waals surface area contributed by atoms with Gasteiger partial charge in [-0.2, -0.15) is 0 Å². The molecule has 1 unspecified atom stereocenters. The van der Waals surface area contributed by atoms with Crippen LogP contribution in [0.2, 0.25) is 0 Å². The average Bonchev–Trinajstić information content (AvgIpc) is 2.87. The summed E-state index contributed by atoms with van der Waals surface area (Å²) in [6.45, 7) is 1.39. The van der Waals surface area contributed by atoms with Crippen molar-refractivity contribution in [3.05, 3.63) is 0 Å². The van der Waals surface area contributed by atoms with Gasteiger partial charge in [0.15, 0.2) is 0 Å². The average molecular weight is 298 g/mol. The van der Waals surface area contributed by atoms with Gasteiger partial charge in [0.1, 0.15) is 0 Å². The molecule has 1 atom stereocenters. The lowest BCUT2D eigenvalue weighted by Gasteiger charge is -2.29. The van der Waals surface area contributed by atoms with Crippen molar-refractivity contribution in [2.75, 3.05) is 13.2 Å². The summed E-state index contributed by atoms with van der Waals surface area (Å²) in [5, 5.41) is 14.7. The van der Waals surface area contributed by atoms with E-state index in [0.717, 1.165) is 51.6 Å². The molecule has 2 aliphatic rings. The Kier molecular flexibility index (Phi) is 5.85. The second kappa shape index (κ2) is 7.64. The van der Waals surface area contributed by atoms with Gasteiger partial charge in [-0.05, 0) is 38.5 Å². The Bertz CT molecular complexity index is 361. The summed E-state index contributed by atoms with van der Waals surface area (Å²) in [6, 6.07) is -0.256. The van der Waals surface area contributed by atoms with Crippen LogP contribution in [0.5, 0.6) is 0 Å². The third-order valence-electron chi connectivity index (χ3n) is 4.45. The molecule has 0 spiro atoms. The Hall–Kier alpha value is -1.30. The number of carbonyl (C=O) groups is 2. The molecule has 1 aliphatic heterocycles. The number of nitrogens with one attached hydrogen (secondary N) is 2. The summed E-state index contributed by atoms with van der Waals surface area (Å²) in [7, 11) is 0. The molecule has 2 rings (SSSR count). The minimum atomic E-state index is -0.854. The number of aliphatic carboxylic acids is 1. The van der Waals surface area contributed by atoms with Crippen LogP contribution >= 0.6 is 0 Å². The first kappa shape index (κ1) is 16.1. The topological polar surface area (TPSA) is 87.7 Å². The Balaban J connectivity index is 1.70. The highest BCUT2D eigenvalue weighted by Gasteiger charge is 2.37. The lowest BCUT2D eigenvalue weighted by molar-refractivity contribution is -0.138. The van der Waals surface area contributed by atoms with Crippen LogP contribution in [-0.4, -0.2) is 41.9 Å². The Morgan fingerprint density at radius 1 is 1.19 bits per heavy atom. The van der Waals surface area contributed by atoms with E-state index in [1.54, 1.807) is 0 Å². The molecule has 120 valence electrons. The van der Waals surface area contributed by atoms with Crippen molar-refractivity contribution >= 4 is 12.0 Å². The van der Waals surface area contributed by atoms with Crippen molar-refractivity contribution in [2.45, 2.75) is 69.4 Å². The van der Waals surface area contributed by atoms with E-state index in [1.165, 1.54) is 6.42 Å². The molecular formula is C15H26N2O4. The molecule has 6 heteroatoms. The summed E-state index contributed by atoms with van der Waals surface area (Å²) < 4.78 is 5.62. The van der Waals surface area contributed by atoms with Crippen LogP contribution in [0.3, 0.4) is 0 Å². The largest absolute Gasteiger partial charge is 0.481 e. The fraction of sp³-hybridized carbons (Fsp3) is 0.867. The van der Waals surface area contributed by atoms with E-state index in [9.17, 15) is 9.59 Å². The van der Waals surface area contributed by atoms with E-state index in [1.807, 2.05) is 0 Å². The van der Waals surface area contributed by atoms with Gasteiger partial charge in [0, 0.05) is 13.2 Å². The zero-order valence-electron chi connectivity index (χ0n) is 12.5. The van der Waals surface area contributed by atoms with Gasteiger partial charge in [-0.15, -0.1) is 0 Å². The molecular weight excluding hydrogens is 272 g/mol. The highest BCUT2D eigenvalue weighted by molar-refractivity contribution is 5.76. The van der Waals surface area contributed by atoms with E-state index >= 15 is 0 Å². The van der Waals surface area contributed by atoms with E-state index in [2.05, 4.69) is 10.6 Å². The van der Waals surface area contributed by atoms with Crippen LogP contribution in [-0.2, 0) is 9.53 Å². The number of carboxylic acids is 1. The van der Waals surface area contributed by atoms with Gasteiger partial charge in [-0.25, -0.2) is 4.79 Å². The second-order valence-electron chi connectivity index (χ2n) is 6.22. The van der Waals surface area contributed by atoms with Crippen molar-refractivity contribution in [1.29, 1.82) is 0 Å². The van der Waals surface area contributed by atoms with Crippen LogP contribution in [0, 0.1) is 0 Å². The van der Waals surface area contributed by atoms with Gasteiger partial charge in [-0.3, -0.25) is 4.79 Å². The maximum atomic E-state index is 12.0. The van der Waals surface area contributed by atoms with Crippen molar-refractivity contribution in [3.8, 4) is 0 Å². The third-order valence-corrected chi connectivity index (χ3v) is 4.45. The molecule has 0 bridgehead atoms. The number of carbonyl (C=O) groups excluding carboxylic acids is 1. The van der Waals surface area contributed by atoms with E-state index in [4.69, 9.17) is 9.84 Å². The summed E-state index contributed by atoms with van der Waals surface area (Å²) in [4.78, 5) is 22.9. The zero-order chi connectivity index (χ0) is 15.1. The number of carboxylic acid groups (broad SMARTS) is 1. The molecule has 1 saturated carbocycles. The summed E-state index contributed by atoms with van der Waals surface area (Å²) in [5.74, 6) is -0.854. The van der Waals surface area contributed by atoms with Crippen molar-refractivity contribution < 1.29 is 19.4 Å². The Morgan fingerprint density at radius 2 is 1.95 bits per heavy atom. The monoisotopic (exact) mass is 298 g/mol. The third kappa shape index (κ3) is 5.19. The van der Waals surface area contributed by atoms with Gasteiger partial charge >= 0.3 is 12.0 Å². The first-order chi connectivity index (χ1) is 10.1. The van der Waals surface area contributed by atoms with Crippen LogP contribution in [0.4, 0.5) is 4.79 Å². The minimum Gasteiger partial charge on any atom is -0.481 e. The minimum absolute atomic E-state index is 0.00611. The van der Waals surface area contributed by atoms with Crippen LogP contribution in [0.1, 0.15) is 57.8 Å². The molecule has 1 aliphatic carbocycles. The SMILES string of the molecule is O=C(O)CC1(NC(=O)NCCC2CCCCO2)CCCC1. The predicted octanol–water partition coefficient (Wildman–Crippen LogP) is 2.03. The predicted molar refractivity (Wildman–Crippen MR) is 78.2 cm³/mol. The molecule has 1 heterocycles. The van der Waals surface area contributed by atoms with E-state index < -0.39 is 11.5 Å². The highest BCUT2D eigenvalue weighted by Crippen LogP contribution is 2.32. The molecule has 0 aromatic heterocycles. The summed E-state index contributed by atoms with van der Waals surface area (Å²) in [5.41, 5.74) is -0.558. The molecule has 0 aromatic rings. The number of hydrogen-bond acceptors (Lipinski definition) is 3. The second-order valence-corrected chi connectivity index (χ2v) is 6.22. The number of ether oxygens (including phenoxy) is 1. The molecule has 21 heavy (non-hydrogen) atoms. The quantitative estimate of drug-likeness (QED) is 0.700. The van der Waals surface area contributed by atoms with Crippen LogP contribution in [0.15, 0.2) is 0 Å². The lowest BCUT2D eigenvalue weighted by Crippen LogP contribution is -2.52. The van der Waals surface area contributed by atoms with Crippen molar-refractivity contribution in [3.63, 3.8) is 0 Å². The smallest absolute Gasteiger partial charge is 0.315 e. The van der Waals surface area contributed by atoms with Gasteiger partial charge in [0.2, 0.25) is 0 Å². The first-order valence-electron chi connectivity index (χ1n) is 7.99. The molecule has 6 nitrogen and oxygen atoms in total. The number of hydrogen-bond donors (Lipinski definition) is 3. The summed E-state index contributed by atoms with van der Waals surface area (Å²) >= 11 is 0. The van der Waals surface area contributed by atoms with Crippen LogP contribution < -0.4 is 10.6 Å². The normalized spacial score (nSPS) is 24.5. The van der Waals surface area contributed by atoms with Gasteiger partial charge in [0.25, 0.3) is 0 Å². The molecule has 2 fully saturated rings. The van der Waals surface area contributed by atoms with E-state index in [-0.39, 0.29) is 18.6 Å². The van der Waals surface area contributed by atoms with Crippen molar-refractivity contribution in [2.24, 2.45) is 0 Å². The van der Waals surface area contributed by atoms with E-state index in [0.29, 0.717) is 6.54 Å². The zero-order valence-corrected chi connectivity index (χ0v) is 12.5. The van der Waals surface area contributed by atoms with Gasteiger partial charge < -0.3 is 20.5 Å². The fourth-order valence-corrected chi connectivity index (χ4v) is 3.35. The fourth-order valence-electron chi connectivity index (χ4n) is 3.35. The maximum Gasteiger partial charge on any atom is 0.315 e. The molecule has 2 amide bonds. The van der Waals surface area contributed by atoms with Crippen LogP contribution in [0.25, 0.3) is 0 Å². The number of rotatable bonds is 6. The molecule has 0 aromatic carbocycles.